The fraction of sp³-hybridized carbons (Fsp3) is 0.480. The Morgan fingerprint density at radius 1 is 1.11 bits per heavy atom. The van der Waals surface area contributed by atoms with Gasteiger partial charge in [0, 0.05) is 5.92 Å². The van der Waals surface area contributed by atoms with Crippen molar-refractivity contribution in [1.82, 2.24) is 0 Å². The van der Waals surface area contributed by atoms with E-state index >= 15 is 0 Å². The standard InChI is InChI=1S/C25H28O2S/c1-25-10-9-19-18-8-7-17(26)11-16(18)12-20(15-5-3-2-4-6-15)23(19)24(25)21(14-28)22(27)13-25/h2-8,11,14,19-24,26-27H,9-10,12-13H2,1H3/t19-,20+,21-,22-,23+,24+,25-/m1/s1. The molecule has 3 aliphatic carbocycles. The molecule has 7 atom stereocenters. The van der Waals surface area contributed by atoms with Gasteiger partial charge in [-0.15, -0.1) is 0 Å². The van der Waals surface area contributed by atoms with Gasteiger partial charge in [0.15, 0.2) is 0 Å². The van der Waals surface area contributed by atoms with Gasteiger partial charge in [0.2, 0.25) is 0 Å². The highest BCUT2D eigenvalue weighted by molar-refractivity contribution is 7.79. The van der Waals surface area contributed by atoms with Crippen LogP contribution in [-0.4, -0.2) is 21.7 Å². The Bertz CT molecular complexity index is 895. The third kappa shape index (κ3) is 2.67. The molecule has 146 valence electrons. The molecule has 3 heteroatoms. The summed E-state index contributed by atoms with van der Waals surface area (Å²) in [6.07, 6.45) is 3.78. The van der Waals surface area contributed by atoms with Crippen molar-refractivity contribution in [3.05, 3.63) is 65.2 Å². The number of hydrogen-bond acceptors (Lipinski definition) is 3. The van der Waals surface area contributed by atoms with Crippen LogP contribution in [0.4, 0.5) is 0 Å². The summed E-state index contributed by atoms with van der Waals surface area (Å²) >= 11 is 5.43. The molecule has 0 saturated heterocycles. The van der Waals surface area contributed by atoms with Crippen molar-refractivity contribution in [2.75, 3.05) is 0 Å². The first-order chi connectivity index (χ1) is 13.5. The predicted octanol–water partition coefficient (Wildman–Crippen LogP) is 5.23. The molecule has 2 aromatic rings. The summed E-state index contributed by atoms with van der Waals surface area (Å²) in [6, 6.07) is 16.8. The summed E-state index contributed by atoms with van der Waals surface area (Å²) in [6.45, 7) is 2.38. The molecule has 2 nitrogen and oxygen atoms in total. The van der Waals surface area contributed by atoms with Gasteiger partial charge in [-0.1, -0.05) is 55.5 Å². The number of rotatable bonds is 2. The van der Waals surface area contributed by atoms with E-state index in [4.69, 9.17) is 12.2 Å². The summed E-state index contributed by atoms with van der Waals surface area (Å²) in [4.78, 5) is 0. The van der Waals surface area contributed by atoms with Crippen molar-refractivity contribution < 1.29 is 10.2 Å². The zero-order chi connectivity index (χ0) is 19.5. The van der Waals surface area contributed by atoms with Gasteiger partial charge in [0.1, 0.15) is 5.75 Å². The van der Waals surface area contributed by atoms with Crippen molar-refractivity contribution in [2.24, 2.45) is 23.2 Å². The lowest BCUT2D eigenvalue weighted by molar-refractivity contribution is 0.0362. The zero-order valence-electron chi connectivity index (χ0n) is 16.3. The zero-order valence-corrected chi connectivity index (χ0v) is 17.1. The lowest BCUT2D eigenvalue weighted by Gasteiger charge is -2.53. The fourth-order valence-corrected chi connectivity index (χ4v) is 7.34. The molecule has 2 N–H and O–H groups in total. The average molecular weight is 393 g/mol. The number of fused-ring (bicyclic) bond motifs is 5. The predicted molar refractivity (Wildman–Crippen MR) is 116 cm³/mol. The summed E-state index contributed by atoms with van der Waals surface area (Å²) in [5.74, 6) is 2.20. The summed E-state index contributed by atoms with van der Waals surface area (Å²) in [5, 5.41) is 22.8. The van der Waals surface area contributed by atoms with Crippen LogP contribution in [0.3, 0.4) is 0 Å². The topological polar surface area (TPSA) is 40.5 Å². The van der Waals surface area contributed by atoms with E-state index in [1.54, 1.807) is 0 Å². The molecular formula is C25H28O2S. The summed E-state index contributed by atoms with van der Waals surface area (Å²) in [5.41, 5.74) is 4.22. The molecule has 0 heterocycles. The molecule has 28 heavy (non-hydrogen) atoms. The molecule has 0 aromatic heterocycles. The number of phenolic OH excluding ortho intramolecular Hbond substituents is 1. The van der Waals surface area contributed by atoms with Crippen molar-refractivity contribution in [3.63, 3.8) is 0 Å². The highest BCUT2D eigenvalue weighted by Crippen LogP contribution is 2.65. The molecule has 2 fully saturated rings. The minimum atomic E-state index is -0.316. The Hall–Kier alpha value is -1.71. The third-order valence-corrected chi connectivity index (χ3v) is 8.37. The van der Waals surface area contributed by atoms with Crippen LogP contribution in [0.25, 0.3) is 0 Å². The Kier molecular flexibility index (Phi) is 4.37. The number of hydrogen-bond donors (Lipinski definition) is 2. The fourth-order valence-electron chi connectivity index (χ4n) is 6.98. The number of aliphatic hydroxyl groups is 1. The maximum Gasteiger partial charge on any atom is 0.115 e. The van der Waals surface area contributed by atoms with Gasteiger partial charge in [0.05, 0.1) is 6.10 Å². The minimum Gasteiger partial charge on any atom is -0.508 e. The van der Waals surface area contributed by atoms with Crippen LogP contribution >= 0.6 is 12.2 Å². The van der Waals surface area contributed by atoms with Gasteiger partial charge in [-0.05, 0) is 89.0 Å². The van der Waals surface area contributed by atoms with Gasteiger partial charge in [-0.2, -0.15) is 0 Å². The average Bonchev–Trinajstić information content (AvgIpc) is 2.96. The van der Waals surface area contributed by atoms with Crippen LogP contribution in [0.2, 0.25) is 0 Å². The van der Waals surface area contributed by atoms with Crippen LogP contribution in [0.15, 0.2) is 48.5 Å². The molecule has 0 bridgehead atoms. The monoisotopic (exact) mass is 392 g/mol. The lowest BCUT2D eigenvalue weighted by atomic mass is 9.51. The second-order valence-corrected chi connectivity index (χ2v) is 9.76. The van der Waals surface area contributed by atoms with E-state index in [0.29, 0.717) is 29.4 Å². The molecule has 0 aliphatic heterocycles. The molecule has 0 spiro atoms. The lowest BCUT2D eigenvalue weighted by Crippen LogP contribution is -2.45. The van der Waals surface area contributed by atoms with Crippen molar-refractivity contribution in [2.45, 2.75) is 50.5 Å². The number of thiocarbonyl (C=S) groups is 1. The second kappa shape index (κ2) is 6.67. The number of benzene rings is 2. The molecule has 5 rings (SSSR count). The normalized spacial score (nSPS) is 38.9. The second-order valence-electron chi connectivity index (χ2n) is 9.49. The Morgan fingerprint density at radius 3 is 2.64 bits per heavy atom. The van der Waals surface area contributed by atoms with Gasteiger partial charge in [0.25, 0.3) is 0 Å². The first-order valence-electron chi connectivity index (χ1n) is 10.5. The molecule has 2 saturated carbocycles. The van der Waals surface area contributed by atoms with E-state index in [9.17, 15) is 10.2 Å². The van der Waals surface area contributed by atoms with Gasteiger partial charge in [-0.3, -0.25) is 0 Å². The molecule has 2 aromatic carbocycles. The number of aromatic hydroxyl groups is 1. The maximum absolute atomic E-state index is 10.8. The van der Waals surface area contributed by atoms with E-state index in [1.165, 1.54) is 16.7 Å². The quantitative estimate of drug-likeness (QED) is 0.688. The van der Waals surface area contributed by atoms with Crippen molar-refractivity contribution in [3.8, 4) is 5.75 Å². The number of aliphatic hydroxyl groups excluding tert-OH is 1. The molecule has 0 radical (unpaired) electrons. The molecule has 3 aliphatic rings. The Balaban J connectivity index is 1.68. The van der Waals surface area contributed by atoms with Crippen LogP contribution in [-0.2, 0) is 6.42 Å². The van der Waals surface area contributed by atoms with Gasteiger partial charge < -0.3 is 10.2 Å². The minimum absolute atomic E-state index is 0.0951. The van der Waals surface area contributed by atoms with Crippen LogP contribution in [0, 0.1) is 23.2 Å². The third-order valence-electron chi connectivity index (χ3n) is 8.06. The Labute approximate surface area is 172 Å². The largest absolute Gasteiger partial charge is 0.508 e. The summed E-state index contributed by atoms with van der Waals surface area (Å²) < 4.78 is 0. The Morgan fingerprint density at radius 2 is 1.89 bits per heavy atom. The van der Waals surface area contributed by atoms with Gasteiger partial charge >= 0.3 is 0 Å². The van der Waals surface area contributed by atoms with E-state index in [2.05, 4.69) is 43.3 Å². The summed E-state index contributed by atoms with van der Waals surface area (Å²) in [7, 11) is 0. The van der Waals surface area contributed by atoms with E-state index in [-0.39, 0.29) is 17.4 Å². The smallest absolute Gasteiger partial charge is 0.115 e. The highest BCUT2D eigenvalue weighted by Gasteiger charge is 2.59. The van der Waals surface area contributed by atoms with Crippen LogP contribution in [0.5, 0.6) is 5.75 Å². The van der Waals surface area contributed by atoms with E-state index in [1.807, 2.05) is 17.5 Å². The van der Waals surface area contributed by atoms with Gasteiger partial charge in [-0.25, -0.2) is 0 Å². The van der Waals surface area contributed by atoms with Crippen LogP contribution < -0.4 is 0 Å². The number of phenols is 1. The first kappa shape index (κ1) is 18.3. The molecule has 0 unspecified atom stereocenters. The van der Waals surface area contributed by atoms with E-state index < -0.39 is 0 Å². The molecular weight excluding hydrogens is 364 g/mol. The SMILES string of the molecule is C[C@]12CC[C@@H]3c4ccc(O)cc4C[C@@H](c4ccccc4)[C@H]3[C@@H]1[C@H](C=S)[C@H](O)C2. The van der Waals surface area contributed by atoms with Crippen LogP contribution in [0.1, 0.15) is 54.7 Å². The maximum atomic E-state index is 10.8. The van der Waals surface area contributed by atoms with E-state index in [0.717, 1.165) is 25.7 Å². The highest BCUT2D eigenvalue weighted by atomic mass is 32.1. The first-order valence-corrected chi connectivity index (χ1v) is 11.0. The van der Waals surface area contributed by atoms with Crippen molar-refractivity contribution >= 4 is 17.6 Å². The van der Waals surface area contributed by atoms with Crippen molar-refractivity contribution in [1.29, 1.82) is 0 Å². The molecule has 0 amide bonds.